The fraction of sp³-hybridized carbons (Fsp3) is 0.345. The molecule has 0 aromatic heterocycles. The molecule has 0 spiro atoms. The zero-order chi connectivity index (χ0) is 51.3. The minimum absolute atomic E-state index is 0.0113. The first-order valence-corrected chi connectivity index (χ1v) is 24.4. The van der Waals surface area contributed by atoms with Crippen LogP contribution in [0, 0.1) is 0 Å². The number of esters is 1. The lowest BCUT2D eigenvalue weighted by molar-refractivity contribution is -0.140. The number of methoxy groups -OCH3 is 3. The number of para-hydroxylation sites is 2. The molecule has 380 valence electrons. The fourth-order valence-electron chi connectivity index (χ4n) is 9.78. The number of hydrogen-bond donors (Lipinski definition) is 5. The molecule has 5 atom stereocenters. The maximum atomic E-state index is 14.1. The molecule has 5 aromatic rings. The fourth-order valence-corrected chi connectivity index (χ4v) is 9.78. The molecular weight excluding hydrogens is 935 g/mol. The van der Waals surface area contributed by atoms with Crippen LogP contribution >= 0.6 is 0 Å². The van der Waals surface area contributed by atoms with Gasteiger partial charge in [-0.25, -0.2) is 0 Å². The summed E-state index contributed by atoms with van der Waals surface area (Å²) in [5.74, 6) is -0.509. The summed E-state index contributed by atoms with van der Waals surface area (Å²) in [5.41, 5.74) is 7.90. The molecule has 18 nitrogen and oxygen atoms in total. The molecule has 0 bridgehead atoms. The number of unbranched alkanes of at least 4 members (excludes halogenated alkanes) is 1. The molecular formula is C55H59N7O11. The van der Waals surface area contributed by atoms with Crippen molar-refractivity contribution in [1.29, 1.82) is 0 Å². The zero-order valence-electron chi connectivity index (χ0n) is 41.4. The van der Waals surface area contributed by atoms with Crippen molar-refractivity contribution in [2.75, 3.05) is 48.3 Å². The van der Waals surface area contributed by atoms with Gasteiger partial charge in [-0.15, -0.1) is 0 Å². The van der Waals surface area contributed by atoms with Gasteiger partial charge in [0.15, 0.2) is 29.2 Å². The molecule has 0 saturated carbocycles. The van der Waals surface area contributed by atoms with Crippen LogP contribution in [0.25, 0.3) is 0 Å². The highest BCUT2D eigenvalue weighted by Crippen LogP contribution is 2.45. The summed E-state index contributed by atoms with van der Waals surface area (Å²) in [4.78, 5) is 73.4. The number of nitrogens with one attached hydrogen (secondary N) is 4. The van der Waals surface area contributed by atoms with Gasteiger partial charge in [0.05, 0.1) is 44.7 Å². The van der Waals surface area contributed by atoms with E-state index in [1.165, 1.54) is 40.7 Å². The monoisotopic (exact) mass is 993 g/mol. The predicted octanol–water partition coefficient (Wildman–Crippen LogP) is 6.68. The van der Waals surface area contributed by atoms with Crippen LogP contribution < -0.4 is 50.0 Å². The number of ether oxygens (including phenoxy) is 5. The smallest absolute Gasteiger partial charge is 0.305 e. The Morgan fingerprint density at radius 3 is 2.11 bits per heavy atom. The number of amides is 4. The van der Waals surface area contributed by atoms with Gasteiger partial charge >= 0.3 is 5.97 Å². The first kappa shape index (κ1) is 49.8. The van der Waals surface area contributed by atoms with Gasteiger partial charge in [-0.3, -0.25) is 33.9 Å². The summed E-state index contributed by atoms with van der Waals surface area (Å²) in [5, 5.41) is 23.5. The van der Waals surface area contributed by atoms with E-state index in [-0.39, 0.29) is 55.9 Å². The molecule has 0 aliphatic carbocycles. The van der Waals surface area contributed by atoms with Crippen molar-refractivity contribution in [3.05, 3.63) is 124 Å². The first-order valence-electron chi connectivity index (χ1n) is 24.4. The summed E-state index contributed by atoms with van der Waals surface area (Å²) in [6.07, 6.45) is 3.51. The van der Waals surface area contributed by atoms with Crippen molar-refractivity contribution in [3.8, 4) is 23.0 Å². The second-order valence-electron chi connectivity index (χ2n) is 18.5. The van der Waals surface area contributed by atoms with Crippen molar-refractivity contribution in [2.24, 2.45) is 4.99 Å². The molecule has 4 aliphatic rings. The molecule has 5 N–H and O–H groups in total. The Labute approximate surface area is 423 Å². The van der Waals surface area contributed by atoms with E-state index < -0.39 is 30.1 Å². The number of rotatable bonds is 18. The summed E-state index contributed by atoms with van der Waals surface area (Å²) < 4.78 is 29.1. The van der Waals surface area contributed by atoms with E-state index in [0.717, 1.165) is 23.4 Å². The minimum Gasteiger partial charge on any atom is -0.493 e. The first-order chi connectivity index (χ1) is 35.3. The Morgan fingerprint density at radius 2 is 1.40 bits per heavy atom. The minimum atomic E-state index is -1.01. The maximum absolute atomic E-state index is 14.1. The van der Waals surface area contributed by atoms with Crippen LogP contribution in [0.2, 0.25) is 0 Å². The lowest BCUT2D eigenvalue weighted by Crippen LogP contribution is -2.50. The number of fused-ring (bicyclic) bond motifs is 8. The van der Waals surface area contributed by atoms with Gasteiger partial charge in [0.1, 0.15) is 25.3 Å². The SMILES string of the molecule is COC(=O)CCCCC(=O)N[C@@H](C)C(=O)N[C@@H](C)C(=O)Nc1cc(COc2cc3c(cc2OC)C(=O)N2c4ccccc4C[C@H]2C=N3)cc(COc2cc3c(cc2OC)C(O)N2c4ccccc4C[C@H]2CN3)c1. The van der Waals surface area contributed by atoms with E-state index in [1.54, 1.807) is 41.4 Å². The van der Waals surface area contributed by atoms with Gasteiger partial charge < -0.3 is 55.0 Å². The maximum Gasteiger partial charge on any atom is 0.305 e. The van der Waals surface area contributed by atoms with Gasteiger partial charge in [0, 0.05) is 72.5 Å². The lowest BCUT2D eigenvalue weighted by atomic mass is 10.1. The van der Waals surface area contributed by atoms with E-state index in [0.29, 0.717) is 88.1 Å². The number of carbonyl (C=O) groups excluding carboxylic acids is 5. The molecule has 4 amide bonds. The predicted molar refractivity (Wildman–Crippen MR) is 274 cm³/mol. The third kappa shape index (κ3) is 10.7. The molecule has 73 heavy (non-hydrogen) atoms. The Hall–Kier alpha value is -8.12. The zero-order valence-corrected chi connectivity index (χ0v) is 41.4. The summed E-state index contributed by atoms with van der Waals surface area (Å²) in [6.45, 7) is 3.65. The van der Waals surface area contributed by atoms with Crippen molar-refractivity contribution < 1.29 is 52.8 Å². The Kier molecular flexibility index (Phi) is 14.8. The van der Waals surface area contributed by atoms with Crippen LogP contribution in [0.5, 0.6) is 23.0 Å². The van der Waals surface area contributed by atoms with Crippen molar-refractivity contribution in [2.45, 2.75) is 96.0 Å². The van der Waals surface area contributed by atoms with Gasteiger partial charge in [-0.1, -0.05) is 36.4 Å². The number of hydrogen-bond acceptors (Lipinski definition) is 14. The Morgan fingerprint density at radius 1 is 0.753 bits per heavy atom. The van der Waals surface area contributed by atoms with Gasteiger partial charge in [0.25, 0.3) is 5.91 Å². The summed E-state index contributed by atoms with van der Waals surface area (Å²) in [6, 6.07) is 26.0. The van der Waals surface area contributed by atoms with E-state index in [2.05, 4.69) is 32.1 Å². The molecule has 4 aliphatic heterocycles. The second-order valence-corrected chi connectivity index (χ2v) is 18.5. The third-order valence-electron chi connectivity index (χ3n) is 13.5. The van der Waals surface area contributed by atoms with Crippen molar-refractivity contribution >= 4 is 64.2 Å². The van der Waals surface area contributed by atoms with Crippen LogP contribution in [0.1, 0.15) is 83.9 Å². The molecule has 0 radical (unpaired) electrons. The summed E-state index contributed by atoms with van der Waals surface area (Å²) >= 11 is 0. The number of aliphatic hydroxyl groups is 1. The molecule has 0 fully saturated rings. The van der Waals surface area contributed by atoms with Gasteiger partial charge in [-0.2, -0.15) is 0 Å². The van der Waals surface area contributed by atoms with Crippen molar-refractivity contribution in [1.82, 2.24) is 10.6 Å². The van der Waals surface area contributed by atoms with Gasteiger partial charge in [0.2, 0.25) is 17.7 Å². The van der Waals surface area contributed by atoms with Crippen LogP contribution in [0.15, 0.2) is 96.0 Å². The Balaban J connectivity index is 0.930. The molecule has 1 unspecified atom stereocenters. The number of nitrogens with zero attached hydrogens (tertiary/aromatic N) is 3. The molecule has 0 saturated heterocycles. The average Bonchev–Trinajstić information content (AvgIpc) is 3.89. The summed E-state index contributed by atoms with van der Waals surface area (Å²) in [7, 11) is 4.34. The van der Waals surface area contributed by atoms with E-state index >= 15 is 0 Å². The lowest BCUT2D eigenvalue weighted by Gasteiger charge is -2.30. The molecule has 9 rings (SSSR count). The quantitative estimate of drug-likeness (QED) is 0.0458. The highest BCUT2D eigenvalue weighted by Gasteiger charge is 2.39. The van der Waals surface area contributed by atoms with E-state index in [1.807, 2.05) is 59.5 Å². The normalized spacial score (nSPS) is 17.6. The van der Waals surface area contributed by atoms with Crippen LogP contribution in [-0.4, -0.2) is 93.0 Å². The van der Waals surface area contributed by atoms with Gasteiger partial charge in [-0.05, 0) is 97.8 Å². The number of benzene rings is 5. The van der Waals surface area contributed by atoms with E-state index in [4.69, 9.17) is 23.9 Å². The molecule has 5 aromatic carbocycles. The number of anilines is 4. The highest BCUT2D eigenvalue weighted by atomic mass is 16.5. The number of aliphatic hydroxyl groups excluding tert-OH is 1. The standard InChI is InChI=1S/C55H59N7O11/c1-31(58-50(63)16-10-11-17-51(64)71-5)52(65)59-32(2)53(66)60-37-19-33(29-72-48-25-42-40(23-46(48)69-3)54(67)61-38(27-56-42)21-35-12-6-8-14-44(35)61)18-34(20-37)30-73-49-26-43-41(24-47(49)70-4)55(68)62-39(28-57-43)22-36-13-7-9-15-45(36)62/h6-9,12-15,18-20,23-27,31-32,38-39,55,57,68H,10-11,16-17,21-22,28-30H2,1-5H3,(H,58,63)(H,59,65)(H,60,66)/t31-,32-,38-,39-,55?/m0/s1. The van der Waals surface area contributed by atoms with Crippen molar-refractivity contribution in [3.63, 3.8) is 0 Å². The molecule has 18 heteroatoms. The number of aliphatic imine (C=N–C) groups is 1. The highest BCUT2D eigenvalue weighted by molar-refractivity contribution is 6.14. The largest absolute Gasteiger partial charge is 0.493 e. The number of carbonyl (C=O) groups is 5. The average molecular weight is 994 g/mol. The van der Waals surface area contributed by atoms with E-state index in [9.17, 15) is 29.1 Å². The third-order valence-corrected chi connectivity index (χ3v) is 13.5. The Bertz CT molecular complexity index is 2980. The van der Waals surface area contributed by atoms with Crippen LogP contribution in [0.4, 0.5) is 28.4 Å². The van der Waals surface area contributed by atoms with Crippen LogP contribution in [-0.2, 0) is 50.0 Å². The topological polar surface area (TPSA) is 219 Å². The second kappa shape index (κ2) is 21.7. The molecule has 4 heterocycles. The van der Waals surface area contributed by atoms with Crippen LogP contribution in [0.3, 0.4) is 0 Å².